The number of hydrogen-bond donors (Lipinski definition) is 1. The predicted octanol–water partition coefficient (Wildman–Crippen LogP) is 4.47. The van der Waals surface area contributed by atoms with Gasteiger partial charge in [-0.05, 0) is 41.9 Å². The first-order valence-corrected chi connectivity index (χ1v) is 6.50. The smallest absolute Gasteiger partial charge is 0.175 e. The van der Waals surface area contributed by atoms with Gasteiger partial charge in [-0.25, -0.2) is 4.98 Å². The molecule has 0 atom stereocenters. The van der Waals surface area contributed by atoms with Crippen molar-refractivity contribution >= 4 is 44.9 Å². The summed E-state index contributed by atoms with van der Waals surface area (Å²) in [6.07, 6.45) is 1.68. The molecule has 2 heterocycles. The van der Waals surface area contributed by atoms with Crippen LogP contribution in [0.4, 0.5) is 10.7 Å². The standard InChI is InChI=1S/C12H7ClN4OS/c13-9-6-7(3-4-10(9)18)15-16-12-8-2-1-5-14-11(8)17-19-12/h1-6,18H. The van der Waals surface area contributed by atoms with Crippen LogP contribution in [0.2, 0.25) is 5.02 Å². The van der Waals surface area contributed by atoms with E-state index in [1.807, 2.05) is 12.1 Å². The molecular formula is C12H7ClN4OS. The average Bonchev–Trinajstić information content (AvgIpc) is 2.83. The fourth-order valence-electron chi connectivity index (χ4n) is 1.51. The molecule has 0 amide bonds. The fourth-order valence-corrected chi connectivity index (χ4v) is 2.33. The van der Waals surface area contributed by atoms with Gasteiger partial charge >= 0.3 is 0 Å². The van der Waals surface area contributed by atoms with Crippen molar-refractivity contribution in [1.82, 2.24) is 9.36 Å². The first-order valence-electron chi connectivity index (χ1n) is 5.35. The fraction of sp³-hybridized carbons (Fsp3) is 0. The number of fused-ring (bicyclic) bond motifs is 1. The van der Waals surface area contributed by atoms with Crippen LogP contribution >= 0.6 is 23.1 Å². The highest BCUT2D eigenvalue weighted by molar-refractivity contribution is 7.11. The van der Waals surface area contributed by atoms with Gasteiger partial charge in [0.15, 0.2) is 10.6 Å². The highest BCUT2D eigenvalue weighted by atomic mass is 35.5. The molecule has 0 saturated heterocycles. The lowest BCUT2D eigenvalue weighted by Crippen LogP contribution is -1.71. The molecule has 1 aromatic carbocycles. The molecule has 0 fully saturated rings. The van der Waals surface area contributed by atoms with Crippen LogP contribution in [0.15, 0.2) is 46.8 Å². The number of phenolic OH excluding ortho intramolecular Hbond substituents is 1. The lowest BCUT2D eigenvalue weighted by molar-refractivity contribution is 0.475. The summed E-state index contributed by atoms with van der Waals surface area (Å²) in [5.41, 5.74) is 1.22. The number of pyridine rings is 1. The number of phenols is 1. The van der Waals surface area contributed by atoms with Gasteiger partial charge in [0, 0.05) is 6.20 Å². The van der Waals surface area contributed by atoms with Crippen molar-refractivity contribution in [3.8, 4) is 5.75 Å². The number of aromatic nitrogens is 2. The van der Waals surface area contributed by atoms with Crippen molar-refractivity contribution < 1.29 is 5.11 Å². The molecule has 0 bridgehead atoms. The predicted molar refractivity (Wildman–Crippen MR) is 74.7 cm³/mol. The lowest BCUT2D eigenvalue weighted by atomic mass is 10.3. The molecule has 0 unspecified atom stereocenters. The van der Waals surface area contributed by atoms with Crippen LogP contribution in [0.5, 0.6) is 5.75 Å². The maximum absolute atomic E-state index is 9.32. The number of aromatic hydroxyl groups is 1. The molecular weight excluding hydrogens is 284 g/mol. The summed E-state index contributed by atoms with van der Waals surface area (Å²) in [5, 5.41) is 19.3. The van der Waals surface area contributed by atoms with E-state index in [1.54, 1.807) is 18.3 Å². The molecule has 1 N–H and O–H groups in total. The maximum Gasteiger partial charge on any atom is 0.175 e. The third-order valence-electron chi connectivity index (χ3n) is 2.42. The van der Waals surface area contributed by atoms with Crippen molar-refractivity contribution in [2.24, 2.45) is 10.2 Å². The normalized spacial score (nSPS) is 11.4. The van der Waals surface area contributed by atoms with Crippen LogP contribution in [0.3, 0.4) is 0 Å². The van der Waals surface area contributed by atoms with Crippen LogP contribution in [-0.2, 0) is 0 Å². The first-order chi connectivity index (χ1) is 9.24. The Bertz CT molecular complexity index is 771. The minimum atomic E-state index is 0.0213. The molecule has 0 aliphatic heterocycles. The number of hydrogen-bond acceptors (Lipinski definition) is 6. The molecule has 2 aromatic heterocycles. The topological polar surface area (TPSA) is 70.7 Å². The van der Waals surface area contributed by atoms with Crippen LogP contribution in [0, 0.1) is 0 Å². The summed E-state index contributed by atoms with van der Waals surface area (Å²) in [6.45, 7) is 0. The van der Waals surface area contributed by atoms with Gasteiger partial charge in [0.25, 0.3) is 0 Å². The van der Waals surface area contributed by atoms with E-state index in [0.29, 0.717) is 16.3 Å². The summed E-state index contributed by atoms with van der Waals surface area (Å²) in [7, 11) is 0. The number of nitrogens with zero attached hydrogens (tertiary/aromatic N) is 4. The molecule has 7 heteroatoms. The average molecular weight is 291 g/mol. The van der Waals surface area contributed by atoms with Crippen LogP contribution in [0.1, 0.15) is 0 Å². The monoisotopic (exact) mass is 290 g/mol. The van der Waals surface area contributed by atoms with Gasteiger partial charge in [-0.1, -0.05) is 11.6 Å². The van der Waals surface area contributed by atoms with Gasteiger partial charge in [-0.3, -0.25) is 0 Å². The largest absolute Gasteiger partial charge is 0.506 e. The van der Waals surface area contributed by atoms with E-state index in [2.05, 4.69) is 19.6 Å². The zero-order valence-electron chi connectivity index (χ0n) is 9.49. The second kappa shape index (κ2) is 4.91. The third kappa shape index (κ3) is 2.40. The molecule has 0 radical (unpaired) electrons. The highest BCUT2D eigenvalue weighted by Crippen LogP contribution is 2.32. The molecule has 5 nitrogen and oxygen atoms in total. The summed E-state index contributed by atoms with van der Waals surface area (Å²) in [6, 6.07) is 8.37. The molecule has 3 aromatic rings. The third-order valence-corrected chi connectivity index (χ3v) is 3.46. The Labute approximate surface area is 117 Å². The number of rotatable bonds is 2. The Hall–Kier alpha value is -2.05. The Morgan fingerprint density at radius 2 is 2.11 bits per heavy atom. The molecule has 0 aliphatic rings. The van der Waals surface area contributed by atoms with Gasteiger partial charge in [-0.2, -0.15) is 4.37 Å². The second-order valence-electron chi connectivity index (χ2n) is 3.70. The van der Waals surface area contributed by atoms with Crippen molar-refractivity contribution in [2.45, 2.75) is 0 Å². The highest BCUT2D eigenvalue weighted by Gasteiger charge is 2.05. The number of halogens is 1. The SMILES string of the molecule is Oc1ccc(N=Nc2snc3ncccc23)cc1Cl. The summed E-state index contributed by atoms with van der Waals surface area (Å²) >= 11 is 7.03. The van der Waals surface area contributed by atoms with Crippen LogP contribution < -0.4 is 0 Å². The molecule has 0 saturated carbocycles. The van der Waals surface area contributed by atoms with E-state index in [9.17, 15) is 5.11 Å². The second-order valence-corrected chi connectivity index (χ2v) is 4.86. The molecule has 3 rings (SSSR count). The van der Waals surface area contributed by atoms with E-state index in [0.717, 1.165) is 5.39 Å². The van der Waals surface area contributed by atoms with E-state index in [1.165, 1.54) is 17.6 Å². The van der Waals surface area contributed by atoms with E-state index < -0.39 is 0 Å². The van der Waals surface area contributed by atoms with Crippen LogP contribution in [-0.4, -0.2) is 14.5 Å². The van der Waals surface area contributed by atoms with Gasteiger partial charge in [0.05, 0.1) is 16.1 Å². The zero-order valence-corrected chi connectivity index (χ0v) is 11.1. The van der Waals surface area contributed by atoms with Crippen molar-refractivity contribution in [3.05, 3.63) is 41.6 Å². The van der Waals surface area contributed by atoms with Gasteiger partial charge in [-0.15, -0.1) is 10.2 Å². The number of benzene rings is 1. The van der Waals surface area contributed by atoms with E-state index >= 15 is 0 Å². The zero-order chi connectivity index (χ0) is 13.2. The van der Waals surface area contributed by atoms with Crippen molar-refractivity contribution in [2.75, 3.05) is 0 Å². The van der Waals surface area contributed by atoms with Crippen molar-refractivity contribution in [3.63, 3.8) is 0 Å². The minimum absolute atomic E-state index is 0.0213. The molecule has 0 spiro atoms. The Morgan fingerprint density at radius 3 is 2.95 bits per heavy atom. The number of azo groups is 1. The van der Waals surface area contributed by atoms with Crippen LogP contribution in [0.25, 0.3) is 11.0 Å². The summed E-state index contributed by atoms with van der Waals surface area (Å²) in [5.74, 6) is 0.0213. The Balaban J connectivity index is 1.96. The summed E-state index contributed by atoms with van der Waals surface area (Å²) < 4.78 is 4.17. The van der Waals surface area contributed by atoms with Gasteiger partial charge in [0.1, 0.15) is 5.75 Å². The van der Waals surface area contributed by atoms with Crippen molar-refractivity contribution in [1.29, 1.82) is 0 Å². The van der Waals surface area contributed by atoms with E-state index in [4.69, 9.17) is 11.6 Å². The summed E-state index contributed by atoms with van der Waals surface area (Å²) in [4.78, 5) is 4.13. The lowest BCUT2D eigenvalue weighted by Gasteiger charge is -1.96. The first kappa shape index (κ1) is 12.0. The molecule has 19 heavy (non-hydrogen) atoms. The molecule has 94 valence electrons. The van der Waals surface area contributed by atoms with Gasteiger partial charge in [0.2, 0.25) is 0 Å². The quantitative estimate of drug-likeness (QED) is 0.708. The maximum atomic E-state index is 9.32. The molecule has 0 aliphatic carbocycles. The van der Waals surface area contributed by atoms with E-state index in [-0.39, 0.29) is 10.8 Å². The minimum Gasteiger partial charge on any atom is -0.506 e. The van der Waals surface area contributed by atoms with Gasteiger partial charge < -0.3 is 5.11 Å². The Morgan fingerprint density at radius 1 is 1.21 bits per heavy atom. The Kier molecular flexibility index (Phi) is 3.10.